The zero-order valence-electron chi connectivity index (χ0n) is 20.4. The van der Waals surface area contributed by atoms with Crippen molar-refractivity contribution in [3.63, 3.8) is 0 Å². The van der Waals surface area contributed by atoms with E-state index < -0.39 is 23.7 Å². The Morgan fingerprint density at radius 3 is 1.69 bits per heavy atom. The third-order valence-electron chi connectivity index (χ3n) is 4.75. The molecule has 1 heterocycles. The van der Waals surface area contributed by atoms with Crippen LogP contribution in [0.2, 0.25) is 0 Å². The van der Waals surface area contributed by atoms with Gasteiger partial charge < -0.3 is 13.6 Å². The highest BCUT2D eigenvalue weighted by Crippen LogP contribution is 2.81. The first kappa shape index (κ1) is 31.5. The van der Waals surface area contributed by atoms with E-state index in [4.69, 9.17) is 45.9 Å². The summed E-state index contributed by atoms with van der Waals surface area (Å²) in [7, 11) is -5.95. The van der Waals surface area contributed by atoms with Crippen molar-refractivity contribution in [2.45, 2.75) is 105 Å². The first-order valence-corrected chi connectivity index (χ1v) is 17.4. The maximum absolute atomic E-state index is 6.63. The van der Waals surface area contributed by atoms with Gasteiger partial charge in [-0.15, -0.1) is 0 Å². The van der Waals surface area contributed by atoms with Gasteiger partial charge in [0.15, 0.2) is 0 Å². The minimum absolute atomic E-state index is 0.545. The minimum Gasteiger partial charge on any atom is -0.329 e. The summed E-state index contributed by atoms with van der Waals surface area (Å²) in [5, 5.41) is 0. The Morgan fingerprint density at radius 2 is 1.19 bits per heavy atom. The molecule has 12 heteroatoms. The maximum atomic E-state index is 6.63. The Morgan fingerprint density at radius 1 is 0.719 bits per heavy atom. The van der Waals surface area contributed by atoms with E-state index in [1.54, 1.807) is 4.60 Å². The van der Waals surface area contributed by atoms with Crippen molar-refractivity contribution in [3.8, 4) is 0 Å². The number of rotatable bonds is 20. The van der Waals surface area contributed by atoms with Crippen molar-refractivity contribution in [1.82, 2.24) is 8.56 Å². The highest BCUT2D eigenvalue weighted by Gasteiger charge is 2.49. The summed E-state index contributed by atoms with van der Waals surface area (Å²) >= 11 is 13.2. The average molecular weight is 554 g/mol. The van der Waals surface area contributed by atoms with Gasteiger partial charge in [-0.05, 0) is 53.3 Å². The summed E-state index contributed by atoms with van der Waals surface area (Å²) in [4.78, 5) is 6.27. The molecule has 7 nitrogen and oxygen atoms in total. The average Bonchev–Trinajstić information content (AvgIpc) is 2.79. The largest absolute Gasteiger partial charge is 0.329 e. The first-order chi connectivity index (χ1) is 15.6. The molecule has 0 saturated carbocycles. The fourth-order valence-corrected chi connectivity index (χ4v) is 11.8. The van der Waals surface area contributed by atoms with Crippen LogP contribution in [0, 0.1) is 0 Å². The van der Waals surface area contributed by atoms with Crippen LogP contribution in [-0.4, -0.2) is 35.0 Å². The quantitative estimate of drug-likeness (QED) is 0.0848. The fourth-order valence-electron chi connectivity index (χ4n) is 2.86. The summed E-state index contributed by atoms with van der Waals surface area (Å²) < 4.78 is 27.1. The van der Waals surface area contributed by atoms with Gasteiger partial charge in [-0.2, -0.15) is 4.52 Å². The van der Waals surface area contributed by atoms with E-state index in [2.05, 4.69) is 27.7 Å². The molecule has 0 aromatic rings. The molecule has 0 radical (unpaired) electrons. The lowest BCUT2D eigenvalue weighted by Crippen LogP contribution is -2.27. The van der Waals surface area contributed by atoms with Crippen molar-refractivity contribution in [3.05, 3.63) is 0 Å². The topological polar surface area (TPSA) is 55.8 Å². The van der Waals surface area contributed by atoms with Crippen molar-refractivity contribution in [1.29, 1.82) is 0 Å². The van der Waals surface area contributed by atoms with E-state index in [0.29, 0.717) is 26.4 Å². The van der Waals surface area contributed by atoms with Crippen LogP contribution in [0.1, 0.15) is 105 Å². The lowest BCUT2D eigenvalue weighted by Gasteiger charge is -2.43. The summed E-state index contributed by atoms with van der Waals surface area (Å²) in [6.07, 6.45) is 12.6. The SMILES string of the molecule is CCCCCON1P(OCCCCC)N(Cl)P(Cl)N=P1(OCCCCC)OCCCCC. The molecule has 2 atom stereocenters. The van der Waals surface area contributed by atoms with Gasteiger partial charge in [0.2, 0.25) is 16.0 Å². The summed E-state index contributed by atoms with van der Waals surface area (Å²) in [6.45, 7) is 10.9. The van der Waals surface area contributed by atoms with Crippen molar-refractivity contribution in [2.24, 2.45) is 4.52 Å². The molecular weight excluding hydrogens is 510 g/mol. The second-order valence-corrected chi connectivity index (χ2v) is 15.1. The van der Waals surface area contributed by atoms with Gasteiger partial charge in [-0.1, -0.05) is 83.0 Å². The smallest absolute Gasteiger partial charge is 0.327 e. The monoisotopic (exact) mass is 553 g/mol. The molecule has 2 unspecified atom stereocenters. The van der Waals surface area contributed by atoms with Gasteiger partial charge in [0.05, 0.1) is 26.4 Å². The predicted octanol–water partition coefficient (Wildman–Crippen LogP) is 10.1. The number of hydrogen-bond acceptors (Lipinski definition) is 7. The van der Waals surface area contributed by atoms with E-state index in [0.717, 1.165) is 77.0 Å². The maximum Gasteiger partial charge on any atom is 0.327 e. The summed E-state index contributed by atoms with van der Waals surface area (Å²) in [5.41, 5.74) is 0. The molecule has 0 aromatic carbocycles. The zero-order valence-corrected chi connectivity index (χ0v) is 24.6. The van der Waals surface area contributed by atoms with Gasteiger partial charge in [0.1, 0.15) is 0 Å². The highest BCUT2D eigenvalue weighted by atomic mass is 35.7. The lowest BCUT2D eigenvalue weighted by molar-refractivity contribution is -0.0476. The third-order valence-corrected chi connectivity index (χ3v) is 13.7. The van der Waals surface area contributed by atoms with Crippen LogP contribution in [0.15, 0.2) is 4.52 Å². The summed E-state index contributed by atoms with van der Waals surface area (Å²) in [6, 6.07) is 0. The molecule has 1 aliphatic rings. The van der Waals surface area contributed by atoms with Crippen LogP contribution in [-0.2, 0) is 18.4 Å². The van der Waals surface area contributed by atoms with E-state index in [1.165, 1.54) is 3.96 Å². The molecule has 0 amide bonds. The second kappa shape index (κ2) is 19.6. The Labute approximate surface area is 209 Å². The van der Waals surface area contributed by atoms with Crippen LogP contribution < -0.4 is 0 Å². The van der Waals surface area contributed by atoms with Crippen LogP contribution in [0.25, 0.3) is 0 Å². The summed E-state index contributed by atoms with van der Waals surface area (Å²) in [5.74, 6) is 0. The molecular formula is C20H44Cl2N3O4P3. The zero-order chi connectivity index (χ0) is 23.7. The molecule has 0 aromatic heterocycles. The minimum atomic E-state index is -2.92. The molecule has 0 bridgehead atoms. The van der Waals surface area contributed by atoms with Gasteiger partial charge in [-0.3, -0.25) is 4.84 Å². The predicted molar refractivity (Wildman–Crippen MR) is 140 cm³/mol. The number of nitrogens with zero attached hydrogens (tertiary/aromatic N) is 3. The first-order valence-electron chi connectivity index (χ1n) is 12.3. The van der Waals surface area contributed by atoms with Crippen LogP contribution in [0.5, 0.6) is 0 Å². The molecule has 1 rings (SSSR count). The van der Waals surface area contributed by atoms with Crippen molar-refractivity contribution in [2.75, 3.05) is 26.4 Å². The third kappa shape index (κ3) is 11.4. The molecule has 192 valence electrons. The number of unbranched alkanes of at least 4 members (excludes halogenated alkanes) is 8. The van der Waals surface area contributed by atoms with E-state index >= 15 is 0 Å². The Balaban J connectivity index is 3.12. The van der Waals surface area contributed by atoms with Crippen LogP contribution in [0.4, 0.5) is 0 Å². The number of halogens is 2. The second-order valence-electron chi connectivity index (χ2n) is 7.73. The molecule has 0 fully saturated rings. The number of hydrogen-bond donors (Lipinski definition) is 0. The molecule has 0 spiro atoms. The molecule has 1 aliphatic heterocycles. The standard InChI is InChI=1S/C20H44Cl2N3O4P3/c1-5-9-13-17-26-25-31(27-18-14-10-6-2)24(21)30(22)23-32(25,28-19-15-11-7-3)29-20-16-12-8-4/h5-20H2,1-4H3. The lowest BCUT2D eigenvalue weighted by atomic mass is 10.3. The Bertz CT molecular complexity index is 510. The van der Waals surface area contributed by atoms with Gasteiger partial charge in [0, 0.05) is 0 Å². The highest BCUT2D eigenvalue weighted by molar-refractivity contribution is 7.92. The van der Waals surface area contributed by atoms with Gasteiger partial charge in [-0.25, -0.2) is 0 Å². The van der Waals surface area contributed by atoms with E-state index in [-0.39, 0.29) is 0 Å². The molecule has 0 N–H and O–H groups in total. The van der Waals surface area contributed by atoms with E-state index in [1.807, 2.05) is 0 Å². The van der Waals surface area contributed by atoms with Crippen molar-refractivity contribution >= 4 is 46.7 Å². The van der Waals surface area contributed by atoms with Gasteiger partial charge >= 0.3 is 7.66 Å². The van der Waals surface area contributed by atoms with Crippen LogP contribution in [0.3, 0.4) is 0 Å². The van der Waals surface area contributed by atoms with Crippen LogP contribution >= 0.6 is 46.7 Å². The molecule has 0 saturated heterocycles. The Hall–Kier alpha value is 1.43. The van der Waals surface area contributed by atoms with Gasteiger partial charge in [0.25, 0.3) is 0 Å². The molecule has 32 heavy (non-hydrogen) atoms. The normalized spacial score (nSPS) is 21.7. The molecule has 0 aliphatic carbocycles. The Kier molecular flexibility index (Phi) is 19.3. The van der Waals surface area contributed by atoms with Crippen molar-refractivity contribution < 1.29 is 18.4 Å². The fraction of sp³-hybridized carbons (Fsp3) is 1.00. The van der Waals surface area contributed by atoms with E-state index in [9.17, 15) is 0 Å².